The largest absolute Gasteiger partial charge is 0.461 e. The van der Waals surface area contributed by atoms with Crippen LogP contribution in [0, 0.1) is 0 Å². The molecule has 1 aromatic carbocycles. The summed E-state index contributed by atoms with van der Waals surface area (Å²) >= 11 is 1.35. The van der Waals surface area contributed by atoms with Crippen LogP contribution in [0.5, 0.6) is 0 Å². The Morgan fingerprint density at radius 3 is 2.81 bits per heavy atom. The van der Waals surface area contributed by atoms with Crippen LogP contribution in [0.3, 0.4) is 0 Å². The van der Waals surface area contributed by atoms with Crippen LogP contribution in [0.2, 0.25) is 0 Å². The third-order valence-electron chi connectivity index (χ3n) is 3.58. The number of benzene rings is 1. The number of anilines is 1. The van der Waals surface area contributed by atoms with Crippen molar-refractivity contribution < 1.29 is 13.9 Å². The number of para-hydroxylation sites is 1. The zero-order valence-electron chi connectivity index (χ0n) is 14.4. The summed E-state index contributed by atoms with van der Waals surface area (Å²) in [4.78, 5) is 12.2. The molecule has 0 atom stereocenters. The molecule has 0 aliphatic heterocycles. The van der Waals surface area contributed by atoms with Gasteiger partial charge in [-0.25, -0.2) is 0 Å². The number of methoxy groups -OCH3 is 1. The summed E-state index contributed by atoms with van der Waals surface area (Å²) < 4.78 is 12.5. The SMILES string of the molecule is COCCCn1c(SCC(=O)Nc2ccccc2)nnc1-c1ccco1. The zero-order chi connectivity index (χ0) is 18.2. The maximum absolute atomic E-state index is 12.2. The summed E-state index contributed by atoms with van der Waals surface area (Å²) in [6.45, 7) is 1.31. The number of ether oxygens (including phenoxy) is 1. The van der Waals surface area contributed by atoms with Gasteiger partial charge in [0.2, 0.25) is 5.91 Å². The predicted octanol–water partition coefficient (Wildman–Crippen LogP) is 3.31. The molecule has 0 radical (unpaired) electrons. The van der Waals surface area contributed by atoms with Gasteiger partial charge in [-0.15, -0.1) is 10.2 Å². The number of hydrogen-bond donors (Lipinski definition) is 1. The summed E-state index contributed by atoms with van der Waals surface area (Å²) in [6, 6.07) is 13.0. The molecule has 0 bridgehead atoms. The van der Waals surface area contributed by atoms with Crippen molar-refractivity contribution in [3.05, 3.63) is 48.7 Å². The molecule has 2 aromatic heterocycles. The third-order valence-corrected chi connectivity index (χ3v) is 4.55. The number of hydrogen-bond acceptors (Lipinski definition) is 6. The number of rotatable bonds is 9. The maximum atomic E-state index is 12.2. The topological polar surface area (TPSA) is 82.2 Å². The van der Waals surface area contributed by atoms with E-state index < -0.39 is 0 Å². The molecule has 0 aliphatic rings. The molecule has 26 heavy (non-hydrogen) atoms. The van der Waals surface area contributed by atoms with E-state index in [2.05, 4.69) is 15.5 Å². The molecule has 8 heteroatoms. The summed E-state index contributed by atoms with van der Waals surface area (Å²) in [5.74, 6) is 1.45. The minimum atomic E-state index is -0.0906. The maximum Gasteiger partial charge on any atom is 0.234 e. The van der Waals surface area contributed by atoms with E-state index in [9.17, 15) is 4.79 Å². The minimum absolute atomic E-state index is 0.0906. The summed E-state index contributed by atoms with van der Waals surface area (Å²) in [6.07, 6.45) is 2.41. The van der Waals surface area contributed by atoms with Gasteiger partial charge in [-0.1, -0.05) is 30.0 Å². The van der Waals surface area contributed by atoms with E-state index in [0.717, 1.165) is 12.1 Å². The molecular formula is C18H20N4O3S. The summed E-state index contributed by atoms with van der Waals surface area (Å²) in [7, 11) is 1.67. The molecule has 0 saturated heterocycles. The van der Waals surface area contributed by atoms with E-state index in [1.165, 1.54) is 11.8 Å². The van der Waals surface area contributed by atoms with Crippen molar-refractivity contribution >= 4 is 23.4 Å². The summed E-state index contributed by atoms with van der Waals surface area (Å²) in [5, 5.41) is 12.0. The first-order valence-electron chi connectivity index (χ1n) is 8.21. The Kier molecular flexibility index (Phi) is 6.45. The number of nitrogens with zero attached hydrogens (tertiary/aromatic N) is 3. The lowest BCUT2D eigenvalue weighted by Crippen LogP contribution is -2.14. The van der Waals surface area contributed by atoms with Gasteiger partial charge in [-0.3, -0.25) is 9.36 Å². The van der Waals surface area contributed by atoms with Crippen molar-refractivity contribution in [2.45, 2.75) is 18.1 Å². The van der Waals surface area contributed by atoms with Gasteiger partial charge in [0.25, 0.3) is 0 Å². The first kappa shape index (κ1) is 18.2. The van der Waals surface area contributed by atoms with Gasteiger partial charge in [0.1, 0.15) is 0 Å². The smallest absolute Gasteiger partial charge is 0.234 e. The Morgan fingerprint density at radius 2 is 2.08 bits per heavy atom. The lowest BCUT2D eigenvalue weighted by Gasteiger charge is -2.09. The van der Waals surface area contributed by atoms with E-state index in [1.807, 2.05) is 47.0 Å². The molecule has 3 rings (SSSR count). The number of furan rings is 1. The Morgan fingerprint density at radius 1 is 1.23 bits per heavy atom. The third kappa shape index (κ3) is 4.74. The molecule has 0 unspecified atom stereocenters. The van der Waals surface area contributed by atoms with E-state index >= 15 is 0 Å². The van der Waals surface area contributed by atoms with Crippen LogP contribution in [0.15, 0.2) is 58.3 Å². The molecule has 7 nitrogen and oxygen atoms in total. The van der Waals surface area contributed by atoms with Crippen LogP contribution in [0.25, 0.3) is 11.6 Å². The van der Waals surface area contributed by atoms with Gasteiger partial charge >= 0.3 is 0 Å². The fourth-order valence-electron chi connectivity index (χ4n) is 2.40. The highest BCUT2D eigenvalue weighted by Crippen LogP contribution is 2.25. The Hall–Kier alpha value is -2.58. The molecule has 0 spiro atoms. The minimum Gasteiger partial charge on any atom is -0.461 e. The lowest BCUT2D eigenvalue weighted by atomic mass is 10.3. The second kappa shape index (κ2) is 9.21. The second-order valence-corrected chi connectivity index (χ2v) is 6.43. The van der Waals surface area contributed by atoms with E-state index in [0.29, 0.717) is 29.9 Å². The quantitative estimate of drug-likeness (QED) is 0.458. The van der Waals surface area contributed by atoms with E-state index in [-0.39, 0.29) is 11.7 Å². The first-order chi connectivity index (χ1) is 12.8. The van der Waals surface area contributed by atoms with Crippen LogP contribution in [-0.4, -0.2) is 40.1 Å². The van der Waals surface area contributed by atoms with Crippen LogP contribution < -0.4 is 5.32 Å². The highest BCUT2D eigenvalue weighted by molar-refractivity contribution is 7.99. The van der Waals surface area contributed by atoms with Crippen molar-refractivity contribution in [3.63, 3.8) is 0 Å². The molecule has 0 fully saturated rings. The monoisotopic (exact) mass is 372 g/mol. The van der Waals surface area contributed by atoms with Crippen molar-refractivity contribution in [1.29, 1.82) is 0 Å². The Bertz CT molecular complexity index is 818. The number of thioether (sulfide) groups is 1. The van der Waals surface area contributed by atoms with Gasteiger partial charge in [0, 0.05) is 25.9 Å². The molecule has 3 aromatic rings. The molecule has 0 aliphatic carbocycles. The van der Waals surface area contributed by atoms with Gasteiger partial charge in [-0.05, 0) is 30.7 Å². The van der Waals surface area contributed by atoms with Crippen LogP contribution >= 0.6 is 11.8 Å². The molecule has 136 valence electrons. The standard InChI is InChI=1S/C18H20N4O3S/c1-24-11-6-10-22-17(15-9-5-12-25-15)20-21-18(22)26-13-16(23)19-14-7-3-2-4-8-14/h2-5,7-9,12H,6,10-11,13H2,1H3,(H,19,23). The fourth-order valence-corrected chi connectivity index (χ4v) is 3.17. The molecular weight excluding hydrogens is 352 g/mol. The highest BCUT2D eigenvalue weighted by Gasteiger charge is 2.17. The number of carbonyl (C=O) groups excluding carboxylic acids is 1. The van der Waals surface area contributed by atoms with Crippen molar-refractivity contribution in [1.82, 2.24) is 14.8 Å². The number of carbonyl (C=O) groups is 1. The Labute approximate surface area is 155 Å². The molecule has 2 heterocycles. The second-order valence-electron chi connectivity index (χ2n) is 5.48. The van der Waals surface area contributed by atoms with Crippen molar-refractivity contribution in [2.75, 3.05) is 24.8 Å². The van der Waals surface area contributed by atoms with Crippen molar-refractivity contribution in [3.8, 4) is 11.6 Å². The highest BCUT2D eigenvalue weighted by atomic mass is 32.2. The average molecular weight is 372 g/mol. The average Bonchev–Trinajstić information content (AvgIpc) is 3.31. The number of nitrogens with one attached hydrogen (secondary N) is 1. The van der Waals surface area contributed by atoms with Gasteiger partial charge in [0.15, 0.2) is 16.7 Å². The summed E-state index contributed by atoms with van der Waals surface area (Å²) in [5.41, 5.74) is 0.774. The van der Waals surface area contributed by atoms with Gasteiger partial charge in [-0.2, -0.15) is 0 Å². The van der Waals surface area contributed by atoms with Crippen LogP contribution in [0.1, 0.15) is 6.42 Å². The van der Waals surface area contributed by atoms with E-state index in [1.54, 1.807) is 13.4 Å². The van der Waals surface area contributed by atoms with Gasteiger partial charge in [0.05, 0.1) is 12.0 Å². The number of aromatic nitrogens is 3. The first-order valence-corrected chi connectivity index (χ1v) is 9.20. The van der Waals surface area contributed by atoms with Crippen LogP contribution in [0.4, 0.5) is 5.69 Å². The lowest BCUT2D eigenvalue weighted by molar-refractivity contribution is -0.113. The Balaban J connectivity index is 1.67. The van der Waals surface area contributed by atoms with E-state index in [4.69, 9.17) is 9.15 Å². The normalized spacial score (nSPS) is 10.8. The van der Waals surface area contributed by atoms with Crippen molar-refractivity contribution in [2.24, 2.45) is 0 Å². The zero-order valence-corrected chi connectivity index (χ0v) is 15.2. The molecule has 1 amide bonds. The molecule has 1 N–H and O–H groups in total. The fraction of sp³-hybridized carbons (Fsp3) is 0.278. The predicted molar refractivity (Wildman–Crippen MR) is 100 cm³/mol. The van der Waals surface area contributed by atoms with Gasteiger partial charge < -0.3 is 14.5 Å². The molecule has 0 saturated carbocycles. The number of amides is 1. The van der Waals surface area contributed by atoms with Crippen LogP contribution in [-0.2, 0) is 16.1 Å².